The fourth-order valence-corrected chi connectivity index (χ4v) is 1.64. The average molecular weight is 302 g/mol. The molecule has 0 bridgehead atoms. The van der Waals surface area contributed by atoms with Crippen LogP contribution in [-0.4, -0.2) is 29.1 Å². The lowest BCUT2D eigenvalue weighted by Gasteiger charge is -2.29. The molecule has 0 aliphatic rings. The van der Waals surface area contributed by atoms with Crippen LogP contribution in [0, 0.1) is 0 Å². The predicted octanol–water partition coefficient (Wildman–Crippen LogP) is 4.60. The van der Waals surface area contributed by atoms with Crippen molar-refractivity contribution in [3.63, 3.8) is 0 Å². The third-order valence-electron chi connectivity index (χ3n) is 3.01. The second-order valence-electron chi connectivity index (χ2n) is 4.65. The molecule has 0 amide bonds. The topological polar surface area (TPSA) is 37.3 Å². The Bertz CT molecular complexity index is 342. The van der Waals surface area contributed by atoms with Crippen LogP contribution in [0.1, 0.15) is 45.4 Å². The fraction of sp³-hybridized carbons (Fsp3) is 0.769. The highest BCUT2D eigenvalue weighted by Crippen LogP contribution is 2.44. The minimum absolute atomic E-state index is 0.0480. The van der Waals surface area contributed by atoms with Gasteiger partial charge in [0.25, 0.3) is 0 Å². The molecule has 0 rings (SSSR count). The Balaban J connectivity index is 4.60. The monoisotopic (exact) mass is 302 g/mol. The van der Waals surface area contributed by atoms with Gasteiger partial charge >= 0.3 is 17.8 Å². The molecule has 1 atom stereocenters. The predicted molar refractivity (Wildman–Crippen MR) is 64.9 cm³/mol. The first kappa shape index (κ1) is 18.9. The highest BCUT2D eigenvalue weighted by molar-refractivity contribution is 5.88. The molecule has 0 aromatic heterocycles. The molecule has 0 fully saturated rings. The third-order valence-corrected chi connectivity index (χ3v) is 3.01. The zero-order valence-electron chi connectivity index (χ0n) is 11.3. The Labute approximate surface area is 114 Å². The summed E-state index contributed by atoms with van der Waals surface area (Å²) in [5, 5.41) is 8.30. The maximum Gasteiger partial charge on any atom is 0.345 e. The molecular weight excluding hydrogens is 283 g/mol. The first-order valence-electron chi connectivity index (χ1n) is 6.41. The van der Waals surface area contributed by atoms with Gasteiger partial charge in [-0.15, -0.1) is 0 Å². The molecule has 20 heavy (non-hydrogen) atoms. The molecule has 0 spiro atoms. The lowest BCUT2D eigenvalue weighted by atomic mass is 9.96. The van der Waals surface area contributed by atoms with Crippen LogP contribution in [-0.2, 0) is 4.79 Å². The summed E-state index contributed by atoms with van der Waals surface area (Å²) in [6, 6.07) is 0. The van der Waals surface area contributed by atoms with E-state index in [0.29, 0.717) is 12.8 Å². The molecule has 1 unspecified atom stereocenters. The zero-order valence-corrected chi connectivity index (χ0v) is 11.3. The molecule has 0 aromatic rings. The SMILES string of the molecule is C=C(C(=O)O)C(F)(F)C(F)(F)C(F)CCCCCCC. The lowest BCUT2D eigenvalue weighted by molar-refractivity contribution is -0.222. The molecule has 118 valence electrons. The van der Waals surface area contributed by atoms with Crippen LogP contribution in [0.15, 0.2) is 12.2 Å². The van der Waals surface area contributed by atoms with Gasteiger partial charge in [0.15, 0.2) is 6.17 Å². The molecule has 2 nitrogen and oxygen atoms in total. The summed E-state index contributed by atoms with van der Waals surface area (Å²) in [6.45, 7) is 4.33. The molecule has 0 heterocycles. The Hall–Kier alpha value is -1.14. The summed E-state index contributed by atoms with van der Waals surface area (Å²) in [5.41, 5.74) is -2.00. The van der Waals surface area contributed by atoms with E-state index in [4.69, 9.17) is 5.11 Å². The van der Waals surface area contributed by atoms with Gasteiger partial charge in [0.1, 0.15) is 5.57 Å². The van der Waals surface area contributed by atoms with Crippen molar-refractivity contribution in [2.75, 3.05) is 0 Å². The number of carboxylic acid groups (broad SMARTS) is 1. The van der Waals surface area contributed by atoms with E-state index in [9.17, 15) is 26.7 Å². The van der Waals surface area contributed by atoms with Crippen molar-refractivity contribution in [1.29, 1.82) is 0 Å². The molecule has 0 radical (unpaired) electrons. The van der Waals surface area contributed by atoms with Crippen LogP contribution in [0.2, 0.25) is 0 Å². The summed E-state index contributed by atoms with van der Waals surface area (Å²) in [7, 11) is 0. The lowest BCUT2D eigenvalue weighted by Crippen LogP contribution is -2.50. The minimum atomic E-state index is -5.11. The largest absolute Gasteiger partial charge is 0.478 e. The van der Waals surface area contributed by atoms with E-state index in [-0.39, 0.29) is 6.42 Å². The number of alkyl halides is 5. The number of carboxylic acids is 1. The van der Waals surface area contributed by atoms with Crippen molar-refractivity contribution in [2.24, 2.45) is 0 Å². The van der Waals surface area contributed by atoms with Crippen LogP contribution in [0.3, 0.4) is 0 Å². The van der Waals surface area contributed by atoms with Gasteiger partial charge in [-0.3, -0.25) is 0 Å². The number of rotatable bonds is 10. The van der Waals surface area contributed by atoms with Crippen molar-refractivity contribution in [2.45, 2.75) is 63.5 Å². The maximum absolute atomic E-state index is 13.3. The number of hydrogen-bond donors (Lipinski definition) is 1. The maximum atomic E-state index is 13.3. The molecule has 0 aliphatic carbocycles. The highest BCUT2D eigenvalue weighted by atomic mass is 19.3. The quantitative estimate of drug-likeness (QED) is 0.364. The third kappa shape index (κ3) is 4.45. The van der Waals surface area contributed by atoms with Crippen molar-refractivity contribution in [3.05, 3.63) is 12.2 Å². The van der Waals surface area contributed by atoms with Gasteiger partial charge in [-0.25, -0.2) is 9.18 Å². The summed E-state index contributed by atoms with van der Waals surface area (Å²) >= 11 is 0. The molecule has 1 N–H and O–H groups in total. The summed E-state index contributed by atoms with van der Waals surface area (Å²) in [4.78, 5) is 10.3. The second kappa shape index (κ2) is 7.59. The van der Waals surface area contributed by atoms with Crippen molar-refractivity contribution >= 4 is 5.97 Å². The summed E-state index contributed by atoms with van der Waals surface area (Å²) < 4.78 is 66.5. The summed E-state index contributed by atoms with van der Waals surface area (Å²) in [6.07, 6.45) is -0.838. The van der Waals surface area contributed by atoms with E-state index in [0.717, 1.165) is 12.8 Å². The summed E-state index contributed by atoms with van der Waals surface area (Å²) in [5.74, 6) is -12.5. The van der Waals surface area contributed by atoms with Gasteiger partial charge in [-0.1, -0.05) is 45.6 Å². The molecule has 0 saturated carbocycles. The normalized spacial score (nSPS) is 14.1. The Morgan fingerprint density at radius 3 is 2.10 bits per heavy atom. The second-order valence-corrected chi connectivity index (χ2v) is 4.65. The Kier molecular flexibility index (Phi) is 7.16. The zero-order chi connectivity index (χ0) is 16.0. The van der Waals surface area contributed by atoms with Gasteiger partial charge in [-0.2, -0.15) is 17.6 Å². The number of unbranched alkanes of at least 4 members (excludes halogenated alkanes) is 4. The molecule has 0 aliphatic heterocycles. The average Bonchev–Trinajstić information content (AvgIpc) is 2.36. The van der Waals surface area contributed by atoms with Crippen LogP contribution in [0.5, 0.6) is 0 Å². The fourth-order valence-electron chi connectivity index (χ4n) is 1.64. The van der Waals surface area contributed by atoms with Gasteiger partial charge in [0.05, 0.1) is 0 Å². The number of halogens is 5. The van der Waals surface area contributed by atoms with E-state index in [1.807, 2.05) is 6.92 Å². The number of carbonyl (C=O) groups is 1. The molecule has 7 heteroatoms. The van der Waals surface area contributed by atoms with E-state index in [1.165, 1.54) is 0 Å². The van der Waals surface area contributed by atoms with Crippen LogP contribution >= 0.6 is 0 Å². The van der Waals surface area contributed by atoms with E-state index in [1.54, 1.807) is 0 Å². The first-order chi connectivity index (χ1) is 9.09. The molecule has 0 saturated heterocycles. The van der Waals surface area contributed by atoms with Crippen LogP contribution in [0.25, 0.3) is 0 Å². The smallest absolute Gasteiger partial charge is 0.345 e. The van der Waals surface area contributed by atoms with Crippen LogP contribution < -0.4 is 0 Å². The number of hydrogen-bond acceptors (Lipinski definition) is 1. The first-order valence-corrected chi connectivity index (χ1v) is 6.41. The molecular formula is C13H19F5O2. The van der Waals surface area contributed by atoms with Gasteiger partial charge < -0.3 is 5.11 Å². The molecule has 0 aromatic carbocycles. The van der Waals surface area contributed by atoms with E-state index in [2.05, 4.69) is 6.58 Å². The van der Waals surface area contributed by atoms with Crippen molar-refractivity contribution in [3.8, 4) is 0 Å². The van der Waals surface area contributed by atoms with Gasteiger partial charge in [0.2, 0.25) is 0 Å². The van der Waals surface area contributed by atoms with Crippen LogP contribution in [0.4, 0.5) is 22.0 Å². The Morgan fingerprint density at radius 2 is 1.65 bits per heavy atom. The van der Waals surface area contributed by atoms with E-state index < -0.39 is 36.0 Å². The highest BCUT2D eigenvalue weighted by Gasteiger charge is 2.64. The Morgan fingerprint density at radius 1 is 1.15 bits per heavy atom. The van der Waals surface area contributed by atoms with E-state index >= 15 is 0 Å². The van der Waals surface area contributed by atoms with Crippen molar-refractivity contribution in [1.82, 2.24) is 0 Å². The standard InChI is InChI=1S/C13H19F5O2/c1-3-4-5-6-7-8-10(14)13(17,18)12(15,16)9(2)11(19)20/h10H,2-8H2,1H3,(H,19,20). The van der Waals surface area contributed by atoms with Crippen molar-refractivity contribution < 1.29 is 31.9 Å². The van der Waals surface area contributed by atoms with Gasteiger partial charge in [-0.05, 0) is 6.42 Å². The minimum Gasteiger partial charge on any atom is -0.478 e. The number of aliphatic carboxylic acids is 1. The van der Waals surface area contributed by atoms with Gasteiger partial charge in [0, 0.05) is 0 Å².